The lowest BCUT2D eigenvalue weighted by molar-refractivity contribution is -0.122. The summed E-state index contributed by atoms with van der Waals surface area (Å²) in [7, 11) is 0. The molecule has 2 rings (SSSR count). The van der Waals surface area contributed by atoms with Gasteiger partial charge in [0, 0.05) is 5.69 Å². The molecule has 4 nitrogen and oxygen atoms in total. The van der Waals surface area contributed by atoms with Crippen LogP contribution in [0.25, 0.3) is 0 Å². The standard InChI is InChI=1S/C13H18N2O2/c1-2-13(8-3-9-14-13)12(17)15-10-4-6-11(16)7-5-10/h4-7,14,16H,2-3,8-9H2,1H3,(H,15,17). The summed E-state index contributed by atoms with van der Waals surface area (Å²) in [6.45, 7) is 2.92. The maximum atomic E-state index is 12.2. The number of phenols is 1. The van der Waals surface area contributed by atoms with E-state index in [1.165, 1.54) is 0 Å². The molecule has 0 spiro atoms. The van der Waals surface area contributed by atoms with Crippen LogP contribution < -0.4 is 10.6 Å². The Balaban J connectivity index is 2.08. The second-order valence-corrected chi connectivity index (χ2v) is 4.47. The Morgan fingerprint density at radius 1 is 1.47 bits per heavy atom. The number of nitrogens with one attached hydrogen (secondary N) is 2. The third-order valence-corrected chi connectivity index (χ3v) is 3.41. The number of phenolic OH excluding ortho intramolecular Hbond substituents is 1. The summed E-state index contributed by atoms with van der Waals surface area (Å²) in [6, 6.07) is 6.53. The Bertz CT molecular complexity index is 394. The fourth-order valence-corrected chi connectivity index (χ4v) is 2.26. The number of carbonyl (C=O) groups is 1. The first-order valence-corrected chi connectivity index (χ1v) is 6.02. The monoisotopic (exact) mass is 234 g/mol. The minimum absolute atomic E-state index is 0.0168. The first-order chi connectivity index (χ1) is 8.16. The second kappa shape index (κ2) is 4.75. The molecule has 1 aromatic carbocycles. The summed E-state index contributed by atoms with van der Waals surface area (Å²) in [6.07, 6.45) is 2.71. The first-order valence-electron chi connectivity index (χ1n) is 6.02. The van der Waals surface area contributed by atoms with Crippen LogP contribution >= 0.6 is 0 Å². The number of rotatable bonds is 3. The molecule has 0 bridgehead atoms. The lowest BCUT2D eigenvalue weighted by Gasteiger charge is -2.26. The van der Waals surface area contributed by atoms with E-state index in [2.05, 4.69) is 10.6 Å². The van der Waals surface area contributed by atoms with E-state index in [4.69, 9.17) is 0 Å². The van der Waals surface area contributed by atoms with Gasteiger partial charge in [0.05, 0.1) is 5.54 Å². The molecule has 1 atom stereocenters. The SMILES string of the molecule is CCC1(C(=O)Nc2ccc(O)cc2)CCCN1. The van der Waals surface area contributed by atoms with Gasteiger partial charge in [-0.1, -0.05) is 6.92 Å². The van der Waals surface area contributed by atoms with Gasteiger partial charge < -0.3 is 15.7 Å². The average molecular weight is 234 g/mol. The van der Waals surface area contributed by atoms with Crippen LogP contribution in [-0.4, -0.2) is 23.1 Å². The van der Waals surface area contributed by atoms with E-state index in [1.807, 2.05) is 6.92 Å². The zero-order valence-corrected chi connectivity index (χ0v) is 9.99. The van der Waals surface area contributed by atoms with Gasteiger partial charge in [-0.05, 0) is 50.1 Å². The molecule has 0 aromatic heterocycles. The molecule has 0 saturated carbocycles. The molecule has 1 aromatic rings. The molecule has 1 amide bonds. The zero-order chi connectivity index (χ0) is 12.3. The molecule has 4 heteroatoms. The van der Waals surface area contributed by atoms with Gasteiger partial charge in [-0.2, -0.15) is 0 Å². The average Bonchev–Trinajstić information content (AvgIpc) is 2.82. The van der Waals surface area contributed by atoms with E-state index >= 15 is 0 Å². The molecule has 1 aliphatic heterocycles. The highest BCUT2D eigenvalue weighted by Crippen LogP contribution is 2.25. The van der Waals surface area contributed by atoms with Crippen molar-refractivity contribution in [2.45, 2.75) is 31.7 Å². The molecule has 17 heavy (non-hydrogen) atoms. The van der Waals surface area contributed by atoms with Crippen molar-refractivity contribution < 1.29 is 9.90 Å². The van der Waals surface area contributed by atoms with Gasteiger partial charge in [-0.25, -0.2) is 0 Å². The lowest BCUT2D eigenvalue weighted by Crippen LogP contribution is -2.50. The molecule has 3 N–H and O–H groups in total. The Labute approximate surface area is 101 Å². The zero-order valence-electron chi connectivity index (χ0n) is 9.99. The highest BCUT2D eigenvalue weighted by Gasteiger charge is 2.38. The third-order valence-electron chi connectivity index (χ3n) is 3.41. The van der Waals surface area contributed by atoms with Crippen molar-refractivity contribution in [3.8, 4) is 5.75 Å². The minimum Gasteiger partial charge on any atom is -0.508 e. The van der Waals surface area contributed by atoms with E-state index in [0.717, 1.165) is 25.8 Å². The van der Waals surface area contributed by atoms with Crippen LogP contribution in [0.3, 0.4) is 0 Å². The third kappa shape index (κ3) is 2.42. The largest absolute Gasteiger partial charge is 0.508 e. The fraction of sp³-hybridized carbons (Fsp3) is 0.462. The van der Waals surface area contributed by atoms with Crippen molar-refractivity contribution in [3.05, 3.63) is 24.3 Å². The van der Waals surface area contributed by atoms with E-state index in [9.17, 15) is 9.90 Å². The van der Waals surface area contributed by atoms with Crippen molar-refractivity contribution in [2.24, 2.45) is 0 Å². The number of aromatic hydroxyl groups is 1. The topological polar surface area (TPSA) is 61.4 Å². The van der Waals surface area contributed by atoms with E-state index < -0.39 is 5.54 Å². The lowest BCUT2D eigenvalue weighted by atomic mass is 9.93. The molecule has 92 valence electrons. The highest BCUT2D eigenvalue weighted by molar-refractivity contribution is 5.98. The van der Waals surface area contributed by atoms with Gasteiger partial charge in [0.1, 0.15) is 5.75 Å². The molecular weight excluding hydrogens is 216 g/mol. The summed E-state index contributed by atoms with van der Waals surface area (Å²) < 4.78 is 0. The highest BCUT2D eigenvalue weighted by atomic mass is 16.3. The van der Waals surface area contributed by atoms with Gasteiger partial charge in [-0.3, -0.25) is 4.79 Å². The van der Waals surface area contributed by atoms with Gasteiger partial charge in [0.25, 0.3) is 0 Å². The van der Waals surface area contributed by atoms with Gasteiger partial charge in [-0.15, -0.1) is 0 Å². The second-order valence-electron chi connectivity index (χ2n) is 4.47. The summed E-state index contributed by atoms with van der Waals surface area (Å²) in [5, 5.41) is 15.4. The van der Waals surface area contributed by atoms with Crippen LogP contribution in [0.2, 0.25) is 0 Å². The summed E-state index contributed by atoms with van der Waals surface area (Å²) in [5.41, 5.74) is 0.298. The molecule has 1 saturated heterocycles. The fourth-order valence-electron chi connectivity index (χ4n) is 2.26. The number of hydrogen-bond acceptors (Lipinski definition) is 3. The maximum absolute atomic E-state index is 12.2. The molecule has 1 unspecified atom stereocenters. The van der Waals surface area contributed by atoms with Crippen LogP contribution in [0.1, 0.15) is 26.2 Å². The van der Waals surface area contributed by atoms with Gasteiger partial charge in [0.15, 0.2) is 0 Å². The molecule has 1 aliphatic rings. The van der Waals surface area contributed by atoms with Crippen LogP contribution in [0.4, 0.5) is 5.69 Å². The molecular formula is C13H18N2O2. The van der Waals surface area contributed by atoms with Crippen molar-refractivity contribution in [1.82, 2.24) is 5.32 Å². The Morgan fingerprint density at radius 3 is 2.71 bits per heavy atom. The number of amides is 1. The number of anilines is 1. The molecule has 0 aliphatic carbocycles. The number of benzene rings is 1. The minimum atomic E-state index is -0.419. The number of carbonyl (C=O) groups excluding carboxylic acids is 1. The van der Waals surface area contributed by atoms with Gasteiger partial charge >= 0.3 is 0 Å². The van der Waals surface area contributed by atoms with Crippen LogP contribution in [0.5, 0.6) is 5.75 Å². The Hall–Kier alpha value is -1.55. The van der Waals surface area contributed by atoms with E-state index in [1.54, 1.807) is 24.3 Å². The summed E-state index contributed by atoms with van der Waals surface area (Å²) in [4.78, 5) is 12.2. The predicted octanol–water partition coefficient (Wildman–Crippen LogP) is 1.86. The van der Waals surface area contributed by atoms with E-state index in [0.29, 0.717) is 5.69 Å². The van der Waals surface area contributed by atoms with Crippen molar-refractivity contribution in [3.63, 3.8) is 0 Å². The normalized spacial score (nSPS) is 23.6. The molecule has 1 fully saturated rings. The van der Waals surface area contributed by atoms with Crippen LogP contribution in [-0.2, 0) is 4.79 Å². The van der Waals surface area contributed by atoms with E-state index in [-0.39, 0.29) is 11.7 Å². The molecule has 0 radical (unpaired) electrons. The van der Waals surface area contributed by atoms with Crippen LogP contribution in [0.15, 0.2) is 24.3 Å². The van der Waals surface area contributed by atoms with Crippen molar-refractivity contribution in [2.75, 3.05) is 11.9 Å². The maximum Gasteiger partial charge on any atom is 0.244 e. The number of hydrogen-bond donors (Lipinski definition) is 3. The summed E-state index contributed by atoms with van der Waals surface area (Å²) in [5.74, 6) is 0.218. The quantitative estimate of drug-likeness (QED) is 0.700. The van der Waals surface area contributed by atoms with Crippen LogP contribution in [0, 0.1) is 0 Å². The predicted molar refractivity (Wildman–Crippen MR) is 67.0 cm³/mol. The Morgan fingerprint density at radius 2 is 2.18 bits per heavy atom. The first kappa shape index (κ1) is 11.9. The Kier molecular flexibility index (Phi) is 3.33. The smallest absolute Gasteiger partial charge is 0.244 e. The van der Waals surface area contributed by atoms with Gasteiger partial charge in [0.2, 0.25) is 5.91 Å². The molecule has 1 heterocycles. The summed E-state index contributed by atoms with van der Waals surface area (Å²) >= 11 is 0. The van der Waals surface area contributed by atoms with Crippen molar-refractivity contribution in [1.29, 1.82) is 0 Å². The van der Waals surface area contributed by atoms with Crippen molar-refractivity contribution >= 4 is 11.6 Å².